The number of Topliss-reactive ketones (excluding diaryl/α,β-unsaturated/α-hetero) is 1. The second-order valence-corrected chi connectivity index (χ2v) is 9.82. The summed E-state index contributed by atoms with van der Waals surface area (Å²) in [5.41, 5.74) is -0.421. The molecule has 4 rings (SSSR count). The van der Waals surface area contributed by atoms with Gasteiger partial charge in [-0.15, -0.1) is 0 Å². The molecule has 3 unspecified atom stereocenters. The van der Waals surface area contributed by atoms with Crippen LogP contribution >= 0.6 is 0 Å². The molecule has 166 valence electrons. The Morgan fingerprint density at radius 2 is 1.57 bits per heavy atom. The Labute approximate surface area is 179 Å². The summed E-state index contributed by atoms with van der Waals surface area (Å²) in [6, 6.07) is 0. The number of ketones is 1. The number of esters is 2. The largest absolute Gasteiger partial charge is 0.456 e. The minimum atomic E-state index is -0.437. The van der Waals surface area contributed by atoms with Crippen LogP contribution in [0.5, 0.6) is 0 Å². The minimum absolute atomic E-state index is 0.110. The third-order valence-electron chi connectivity index (χ3n) is 8.27. The number of hydrogen-bond acceptors (Lipinski definition) is 5. The summed E-state index contributed by atoms with van der Waals surface area (Å²) in [4.78, 5) is 37.4. The first-order chi connectivity index (χ1) is 14.5. The van der Waals surface area contributed by atoms with E-state index < -0.39 is 23.5 Å². The monoisotopic (exact) mass is 416 g/mol. The average Bonchev–Trinajstić information content (AvgIpc) is 3.31. The van der Waals surface area contributed by atoms with Gasteiger partial charge in [0.05, 0.1) is 5.92 Å². The van der Waals surface area contributed by atoms with Crippen molar-refractivity contribution in [3.8, 4) is 0 Å². The van der Waals surface area contributed by atoms with Gasteiger partial charge in [0.25, 0.3) is 0 Å². The first-order valence-electron chi connectivity index (χ1n) is 12.2. The molecule has 0 heterocycles. The zero-order chi connectivity index (χ0) is 21.1. The Bertz CT molecular complexity index is 666. The number of ether oxygens (including phenoxy) is 2. The number of allylic oxidation sites excluding steroid dienone is 2. The lowest BCUT2D eigenvalue weighted by atomic mass is 9.65. The molecule has 0 aromatic heterocycles. The van der Waals surface area contributed by atoms with Gasteiger partial charge in [-0.3, -0.25) is 9.59 Å². The zero-order valence-corrected chi connectivity index (χ0v) is 18.3. The van der Waals surface area contributed by atoms with Crippen molar-refractivity contribution in [1.82, 2.24) is 0 Å². The summed E-state index contributed by atoms with van der Waals surface area (Å²) in [5.74, 6) is -0.879. The van der Waals surface area contributed by atoms with Crippen LogP contribution in [0.15, 0.2) is 12.2 Å². The van der Waals surface area contributed by atoms with Crippen LogP contribution in [0.3, 0.4) is 0 Å². The fraction of sp³-hybridized carbons (Fsp3) is 0.800. The first kappa shape index (κ1) is 21.6. The summed E-state index contributed by atoms with van der Waals surface area (Å²) in [5, 5.41) is 0. The molecule has 3 fully saturated rings. The van der Waals surface area contributed by atoms with Crippen LogP contribution in [0.2, 0.25) is 0 Å². The van der Waals surface area contributed by atoms with Crippen molar-refractivity contribution in [2.24, 2.45) is 29.6 Å². The molecule has 4 aliphatic carbocycles. The second-order valence-electron chi connectivity index (χ2n) is 9.82. The number of carbonyl (C=O) groups is 3. The van der Waals surface area contributed by atoms with Crippen molar-refractivity contribution in [1.29, 1.82) is 0 Å². The van der Waals surface area contributed by atoms with E-state index in [-0.39, 0.29) is 24.2 Å². The van der Waals surface area contributed by atoms with Crippen LogP contribution in [0, 0.1) is 29.6 Å². The molecule has 0 aromatic rings. The summed E-state index contributed by atoms with van der Waals surface area (Å²) in [6.07, 6.45) is 16.9. The van der Waals surface area contributed by atoms with Crippen molar-refractivity contribution >= 4 is 17.7 Å². The fourth-order valence-corrected chi connectivity index (χ4v) is 6.69. The van der Waals surface area contributed by atoms with E-state index in [9.17, 15) is 14.4 Å². The highest BCUT2D eigenvalue weighted by Gasteiger charge is 2.49. The molecule has 4 aliphatic rings. The highest BCUT2D eigenvalue weighted by Crippen LogP contribution is 2.47. The Balaban J connectivity index is 1.39. The van der Waals surface area contributed by atoms with Crippen LogP contribution in [-0.2, 0) is 23.9 Å². The minimum Gasteiger partial charge on any atom is -0.456 e. The van der Waals surface area contributed by atoms with E-state index in [2.05, 4.69) is 6.92 Å². The lowest BCUT2D eigenvalue weighted by Gasteiger charge is -2.48. The molecule has 0 N–H and O–H groups in total. The standard InChI is InChI=1S/C25H36O5/c1-2-25(18-9-5-3-6-10-18,19-11-7-4-8-12-19)30-22(26)16-29-24(28)21-15-17-13-14-20(21)23(17)27/h13-14,17-21H,2-12,15-16H2,1H3. The Morgan fingerprint density at radius 1 is 0.967 bits per heavy atom. The number of rotatable bonds is 7. The number of fused-ring (bicyclic) bond motifs is 2. The summed E-state index contributed by atoms with van der Waals surface area (Å²) < 4.78 is 11.6. The van der Waals surface area contributed by atoms with Gasteiger partial charge in [-0.1, -0.05) is 57.6 Å². The van der Waals surface area contributed by atoms with Gasteiger partial charge >= 0.3 is 11.9 Å². The van der Waals surface area contributed by atoms with Gasteiger partial charge in [0.15, 0.2) is 6.61 Å². The molecular weight excluding hydrogens is 380 g/mol. The molecule has 0 spiro atoms. The average molecular weight is 417 g/mol. The maximum atomic E-state index is 12.9. The van der Waals surface area contributed by atoms with Gasteiger partial charge in [-0.2, -0.15) is 0 Å². The molecule has 3 saturated carbocycles. The first-order valence-corrected chi connectivity index (χ1v) is 12.2. The van der Waals surface area contributed by atoms with E-state index in [0.717, 1.165) is 32.1 Å². The van der Waals surface area contributed by atoms with Crippen LogP contribution in [-0.4, -0.2) is 29.9 Å². The maximum absolute atomic E-state index is 12.9. The van der Waals surface area contributed by atoms with Crippen LogP contribution in [0.1, 0.15) is 84.0 Å². The van der Waals surface area contributed by atoms with Crippen molar-refractivity contribution < 1.29 is 23.9 Å². The third-order valence-corrected chi connectivity index (χ3v) is 8.27. The Kier molecular flexibility index (Phi) is 6.64. The molecule has 0 amide bonds. The molecule has 3 atom stereocenters. The highest BCUT2D eigenvalue weighted by molar-refractivity contribution is 5.97. The molecule has 0 aliphatic heterocycles. The smallest absolute Gasteiger partial charge is 0.344 e. The van der Waals surface area contributed by atoms with E-state index in [4.69, 9.17) is 9.47 Å². The molecule has 0 saturated heterocycles. The van der Waals surface area contributed by atoms with Gasteiger partial charge in [0.2, 0.25) is 0 Å². The molecule has 0 radical (unpaired) electrons. The Morgan fingerprint density at radius 3 is 2.03 bits per heavy atom. The molecule has 5 nitrogen and oxygen atoms in total. The molecule has 0 aromatic carbocycles. The van der Waals surface area contributed by atoms with Crippen LogP contribution in [0.25, 0.3) is 0 Å². The van der Waals surface area contributed by atoms with Crippen molar-refractivity contribution in [2.45, 2.75) is 89.6 Å². The molecule has 30 heavy (non-hydrogen) atoms. The van der Waals surface area contributed by atoms with Gasteiger partial charge in [0, 0.05) is 11.8 Å². The summed E-state index contributed by atoms with van der Waals surface area (Å²) >= 11 is 0. The van der Waals surface area contributed by atoms with Crippen molar-refractivity contribution in [3.05, 3.63) is 12.2 Å². The number of hydrogen-bond donors (Lipinski definition) is 0. The predicted molar refractivity (Wildman–Crippen MR) is 112 cm³/mol. The van der Waals surface area contributed by atoms with Gasteiger partial charge < -0.3 is 9.47 Å². The second kappa shape index (κ2) is 9.23. The highest BCUT2D eigenvalue weighted by atomic mass is 16.6. The maximum Gasteiger partial charge on any atom is 0.344 e. The number of carbonyl (C=O) groups excluding carboxylic acids is 3. The summed E-state index contributed by atoms with van der Waals surface area (Å²) in [7, 11) is 0. The van der Waals surface area contributed by atoms with Gasteiger partial charge in [-0.05, 0) is 50.4 Å². The van der Waals surface area contributed by atoms with E-state index in [1.54, 1.807) is 0 Å². The summed E-state index contributed by atoms with van der Waals surface area (Å²) in [6.45, 7) is 1.81. The Hall–Kier alpha value is -1.65. The van der Waals surface area contributed by atoms with Gasteiger partial charge in [-0.25, -0.2) is 4.79 Å². The van der Waals surface area contributed by atoms with Gasteiger partial charge in [0.1, 0.15) is 11.4 Å². The third kappa shape index (κ3) is 4.09. The van der Waals surface area contributed by atoms with E-state index in [1.807, 2.05) is 12.2 Å². The quantitative estimate of drug-likeness (QED) is 0.441. The van der Waals surface area contributed by atoms with Crippen molar-refractivity contribution in [2.75, 3.05) is 6.61 Å². The van der Waals surface area contributed by atoms with E-state index in [1.165, 1.54) is 38.5 Å². The predicted octanol–water partition coefficient (Wildman–Crippen LogP) is 4.77. The lowest BCUT2D eigenvalue weighted by molar-refractivity contribution is -0.189. The van der Waals surface area contributed by atoms with Crippen LogP contribution in [0.4, 0.5) is 0 Å². The zero-order valence-electron chi connectivity index (χ0n) is 18.3. The van der Waals surface area contributed by atoms with E-state index >= 15 is 0 Å². The van der Waals surface area contributed by atoms with E-state index in [0.29, 0.717) is 18.3 Å². The normalized spacial score (nSPS) is 29.9. The SMILES string of the molecule is CCC(OC(=O)COC(=O)C1CC2C=CC1C2=O)(C1CCCCC1)C1CCCCC1. The van der Waals surface area contributed by atoms with Crippen molar-refractivity contribution in [3.63, 3.8) is 0 Å². The molecule has 2 bridgehead atoms. The molecule has 5 heteroatoms. The van der Waals surface area contributed by atoms with Crippen LogP contribution < -0.4 is 0 Å². The topological polar surface area (TPSA) is 69.7 Å². The lowest BCUT2D eigenvalue weighted by Crippen LogP contribution is -2.50. The fourth-order valence-electron chi connectivity index (χ4n) is 6.69. The molecular formula is C25H36O5.